The predicted octanol–water partition coefficient (Wildman–Crippen LogP) is 5.00. The number of aromatic nitrogens is 1. The highest BCUT2D eigenvalue weighted by atomic mass is 35.5. The molecule has 0 radical (unpaired) electrons. The summed E-state index contributed by atoms with van der Waals surface area (Å²) in [6.45, 7) is 3.67. The number of hydrogen-bond donors (Lipinski definition) is 2. The van der Waals surface area contributed by atoms with Gasteiger partial charge in [0.25, 0.3) is 5.91 Å². The fraction of sp³-hybridized carbons (Fsp3) is 0.125. The molecule has 3 rings (SSSR count). The maximum absolute atomic E-state index is 12.6. The van der Waals surface area contributed by atoms with Crippen LogP contribution in [0.3, 0.4) is 0 Å². The Bertz CT molecular complexity index is 1270. The Kier molecular flexibility index (Phi) is 6.67. The van der Waals surface area contributed by atoms with Gasteiger partial charge in [-0.2, -0.15) is 5.26 Å². The SMILES string of the molecule is COc1ccc(NC(=O)C(C#N)=Cc2cc(C)n(-c3ccc(Cl)c(C(=O)O)c3)c2C)cc1. The molecule has 162 valence electrons. The molecule has 0 bridgehead atoms. The lowest BCUT2D eigenvalue weighted by Crippen LogP contribution is -2.13. The molecule has 1 aromatic heterocycles. The summed E-state index contributed by atoms with van der Waals surface area (Å²) in [6, 6.07) is 15.3. The Balaban J connectivity index is 1.94. The Morgan fingerprint density at radius 2 is 1.84 bits per heavy atom. The van der Waals surface area contributed by atoms with Crippen LogP contribution >= 0.6 is 11.6 Å². The highest BCUT2D eigenvalue weighted by Gasteiger charge is 2.16. The third-order valence-electron chi connectivity index (χ3n) is 4.92. The van der Waals surface area contributed by atoms with E-state index in [9.17, 15) is 20.0 Å². The zero-order valence-corrected chi connectivity index (χ0v) is 18.4. The number of amides is 1. The van der Waals surface area contributed by atoms with Crippen molar-refractivity contribution in [1.82, 2.24) is 4.57 Å². The molecule has 0 aliphatic rings. The Morgan fingerprint density at radius 1 is 1.16 bits per heavy atom. The van der Waals surface area contributed by atoms with Gasteiger partial charge in [0.2, 0.25) is 0 Å². The molecule has 0 saturated heterocycles. The largest absolute Gasteiger partial charge is 0.497 e. The fourth-order valence-corrected chi connectivity index (χ4v) is 3.52. The van der Waals surface area contributed by atoms with E-state index >= 15 is 0 Å². The van der Waals surface area contributed by atoms with Gasteiger partial charge in [-0.25, -0.2) is 4.79 Å². The van der Waals surface area contributed by atoms with E-state index in [1.54, 1.807) is 37.4 Å². The van der Waals surface area contributed by atoms with Crippen LogP contribution in [0, 0.1) is 25.2 Å². The first kappa shape index (κ1) is 22.7. The smallest absolute Gasteiger partial charge is 0.337 e. The number of hydrogen-bond acceptors (Lipinski definition) is 4. The first-order valence-electron chi connectivity index (χ1n) is 9.54. The van der Waals surface area contributed by atoms with E-state index in [1.165, 1.54) is 18.2 Å². The van der Waals surface area contributed by atoms with Crippen molar-refractivity contribution in [3.8, 4) is 17.5 Å². The molecule has 0 saturated carbocycles. The summed E-state index contributed by atoms with van der Waals surface area (Å²) in [6.07, 6.45) is 1.51. The first-order valence-corrected chi connectivity index (χ1v) is 9.92. The summed E-state index contributed by atoms with van der Waals surface area (Å²) >= 11 is 5.98. The van der Waals surface area contributed by atoms with Gasteiger partial charge in [-0.05, 0) is 74.0 Å². The van der Waals surface area contributed by atoms with Crippen molar-refractivity contribution >= 4 is 35.2 Å². The third kappa shape index (κ3) is 4.66. The second kappa shape index (κ2) is 9.41. The second-order valence-corrected chi connectivity index (χ2v) is 7.39. The molecule has 8 heteroatoms. The first-order chi connectivity index (χ1) is 15.2. The molecule has 3 aromatic rings. The van der Waals surface area contributed by atoms with E-state index in [1.807, 2.05) is 30.6 Å². The molecule has 0 aliphatic heterocycles. The molecule has 32 heavy (non-hydrogen) atoms. The molecule has 7 nitrogen and oxygen atoms in total. The predicted molar refractivity (Wildman–Crippen MR) is 122 cm³/mol. The van der Waals surface area contributed by atoms with Gasteiger partial charge in [0, 0.05) is 22.8 Å². The Hall–Kier alpha value is -4.02. The van der Waals surface area contributed by atoms with Crippen molar-refractivity contribution in [3.05, 3.63) is 81.6 Å². The quantitative estimate of drug-likeness (QED) is 0.407. The lowest BCUT2D eigenvalue weighted by atomic mass is 10.1. The van der Waals surface area contributed by atoms with Crippen LogP contribution < -0.4 is 10.1 Å². The average molecular weight is 450 g/mol. The molecule has 2 aromatic carbocycles. The third-order valence-corrected chi connectivity index (χ3v) is 5.25. The van der Waals surface area contributed by atoms with Gasteiger partial charge in [-0.1, -0.05) is 11.6 Å². The normalized spacial score (nSPS) is 11.0. The van der Waals surface area contributed by atoms with E-state index in [4.69, 9.17) is 16.3 Å². The number of benzene rings is 2. The zero-order chi connectivity index (χ0) is 23.4. The number of anilines is 1. The topological polar surface area (TPSA) is 104 Å². The number of nitrogens with one attached hydrogen (secondary N) is 1. The number of aromatic carboxylic acids is 1. The van der Waals surface area contributed by atoms with E-state index in [0.29, 0.717) is 22.7 Å². The summed E-state index contributed by atoms with van der Waals surface area (Å²) in [4.78, 5) is 24.0. The highest BCUT2D eigenvalue weighted by molar-refractivity contribution is 6.33. The Labute approximate surface area is 190 Å². The van der Waals surface area contributed by atoms with E-state index in [0.717, 1.165) is 11.4 Å². The molecule has 0 unspecified atom stereocenters. The summed E-state index contributed by atoms with van der Waals surface area (Å²) < 4.78 is 6.93. The number of nitriles is 1. The number of methoxy groups -OCH3 is 1. The number of nitrogens with zero attached hydrogens (tertiary/aromatic N) is 2. The maximum atomic E-state index is 12.6. The van der Waals surface area contributed by atoms with Crippen LogP contribution in [0.4, 0.5) is 5.69 Å². The minimum atomic E-state index is -1.12. The molecule has 0 aliphatic carbocycles. The van der Waals surface area contributed by atoms with Gasteiger partial charge >= 0.3 is 5.97 Å². The summed E-state index contributed by atoms with van der Waals surface area (Å²) in [5.74, 6) is -1.01. The number of halogens is 1. The molecule has 0 fully saturated rings. The number of carboxylic acid groups (broad SMARTS) is 1. The summed E-state index contributed by atoms with van der Waals surface area (Å²) in [5.41, 5.74) is 3.28. The van der Waals surface area contributed by atoms with Crippen molar-refractivity contribution in [2.24, 2.45) is 0 Å². The van der Waals surface area contributed by atoms with E-state index < -0.39 is 11.9 Å². The number of aryl methyl sites for hydroxylation is 1. The van der Waals surface area contributed by atoms with Crippen LogP contribution in [0.15, 0.2) is 54.1 Å². The molecule has 2 N–H and O–H groups in total. The molecule has 0 spiro atoms. The number of rotatable bonds is 6. The van der Waals surface area contributed by atoms with Crippen LogP contribution in [0.25, 0.3) is 11.8 Å². The molecular formula is C24H20ClN3O4. The van der Waals surface area contributed by atoms with E-state index in [2.05, 4.69) is 5.32 Å². The van der Waals surface area contributed by atoms with Gasteiger partial charge in [0.15, 0.2) is 0 Å². The van der Waals surface area contributed by atoms with Crippen molar-refractivity contribution in [3.63, 3.8) is 0 Å². The van der Waals surface area contributed by atoms with Gasteiger partial charge in [-0.3, -0.25) is 4.79 Å². The summed E-state index contributed by atoms with van der Waals surface area (Å²) in [5, 5.41) is 21.7. The van der Waals surface area contributed by atoms with Crippen LogP contribution in [0.1, 0.15) is 27.3 Å². The maximum Gasteiger partial charge on any atom is 0.337 e. The Morgan fingerprint density at radius 3 is 2.44 bits per heavy atom. The van der Waals surface area contributed by atoms with Gasteiger partial charge < -0.3 is 19.7 Å². The van der Waals surface area contributed by atoms with E-state index in [-0.39, 0.29) is 16.2 Å². The lowest BCUT2D eigenvalue weighted by molar-refractivity contribution is -0.112. The van der Waals surface area contributed by atoms with Crippen molar-refractivity contribution in [2.45, 2.75) is 13.8 Å². The lowest BCUT2D eigenvalue weighted by Gasteiger charge is -2.11. The number of carbonyl (C=O) groups excluding carboxylic acids is 1. The number of carboxylic acids is 1. The molecule has 1 heterocycles. The average Bonchev–Trinajstić information content (AvgIpc) is 3.05. The molecular weight excluding hydrogens is 430 g/mol. The van der Waals surface area contributed by atoms with Crippen molar-refractivity contribution in [1.29, 1.82) is 5.26 Å². The van der Waals surface area contributed by atoms with Gasteiger partial charge in [0.1, 0.15) is 17.4 Å². The van der Waals surface area contributed by atoms with Crippen LogP contribution in [-0.2, 0) is 4.79 Å². The standard InChI is InChI=1S/C24H20ClN3O4/c1-14-10-16(15(2)28(14)19-6-9-22(25)21(12-19)24(30)31)11-17(13-26)23(29)27-18-4-7-20(32-3)8-5-18/h4-12H,1-3H3,(H,27,29)(H,30,31). The van der Waals surface area contributed by atoms with Crippen molar-refractivity contribution < 1.29 is 19.4 Å². The summed E-state index contributed by atoms with van der Waals surface area (Å²) in [7, 11) is 1.55. The zero-order valence-electron chi connectivity index (χ0n) is 17.6. The van der Waals surface area contributed by atoms with Gasteiger partial charge in [-0.15, -0.1) is 0 Å². The highest BCUT2D eigenvalue weighted by Crippen LogP contribution is 2.26. The van der Waals surface area contributed by atoms with Crippen LogP contribution in [0.2, 0.25) is 5.02 Å². The van der Waals surface area contributed by atoms with Crippen molar-refractivity contribution in [2.75, 3.05) is 12.4 Å². The fourth-order valence-electron chi connectivity index (χ4n) is 3.32. The minimum Gasteiger partial charge on any atom is -0.497 e. The number of ether oxygens (including phenoxy) is 1. The monoisotopic (exact) mass is 449 g/mol. The van der Waals surface area contributed by atoms with Crippen LogP contribution in [-0.4, -0.2) is 28.7 Å². The molecule has 0 atom stereocenters. The van der Waals surface area contributed by atoms with Gasteiger partial charge in [0.05, 0.1) is 17.7 Å². The molecule has 1 amide bonds. The second-order valence-electron chi connectivity index (χ2n) is 6.98. The minimum absolute atomic E-state index is 0.00894. The van der Waals surface area contributed by atoms with Crippen LogP contribution in [0.5, 0.6) is 5.75 Å². The number of carbonyl (C=O) groups is 2.